The number of rotatable bonds is 4. The summed E-state index contributed by atoms with van der Waals surface area (Å²) in [6, 6.07) is 19.9. The van der Waals surface area contributed by atoms with Gasteiger partial charge < -0.3 is 19.9 Å². The Hall–Kier alpha value is -3.39. The van der Waals surface area contributed by atoms with E-state index in [0.29, 0.717) is 49.1 Å². The number of hydrogen-bond acceptors (Lipinski definition) is 4. The molecule has 158 valence electrons. The van der Waals surface area contributed by atoms with E-state index in [1.807, 2.05) is 42.5 Å². The molecule has 31 heavy (non-hydrogen) atoms. The third kappa shape index (κ3) is 5.40. The molecule has 0 aliphatic carbocycles. The largest absolute Gasteiger partial charge is 0.439 e. The van der Waals surface area contributed by atoms with Crippen molar-refractivity contribution < 1.29 is 14.3 Å². The van der Waals surface area contributed by atoms with Gasteiger partial charge >= 0.3 is 6.03 Å². The van der Waals surface area contributed by atoms with Crippen LogP contribution in [0.15, 0.2) is 77.4 Å². The lowest BCUT2D eigenvalue weighted by Crippen LogP contribution is -2.51. The van der Waals surface area contributed by atoms with Gasteiger partial charge in [-0.15, -0.1) is 0 Å². The first kappa shape index (κ1) is 20.9. The summed E-state index contributed by atoms with van der Waals surface area (Å²) >= 11 is 3.40. The molecule has 2 heterocycles. The van der Waals surface area contributed by atoms with Gasteiger partial charge in [-0.05, 0) is 36.4 Å². The fourth-order valence-corrected chi connectivity index (χ4v) is 3.62. The highest BCUT2D eigenvalue weighted by Crippen LogP contribution is 2.23. The fourth-order valence-electron chi connectivity index (χ4n) is 3.24. The first-order chi connectivity index (χ1) is 15.1. The Labute approximate surface area is 188 Å². The number of pyridine rings is 1. The van der Waals surface area contributed by atoms with E-state index in [1.165, 1.54) is 0 Å². The Morgan fingerprint density at radius 2 is 1.65 bits per heavy atom. The van der Waals surface area contributed by atoms with E-state index in [-0.39, 0.29) is 11.9 Å². The van der Waals surface area contributed by atoms with Crippen molar-refractivity contribution in [3.63, 3.8) is 0 Å². The second-order valence-electron chi connectivity index (χ2n) is 7.02. The highest BCUT2D eigenvalue weighted by atomic mass is 79.9. The van der Waals surface area contributed by atoms with E-state index >= 15 is 0 Å². The van der Waals surface area contributed by atoms with Crippen LogP contribution in [0.25, 0.3) is 0 Å². The number of ether oxygens (including phenoxy) is 1. The molecule has 0 bridgehead atoms. The standard InChI is InChI=1S/C23H21BrN4O3/c24-18-7-4-8-20(15-18)31-21-10-9-19(16-25-21)26-23(30)28-13-11-27(12-14-28)22(29)17-5-2-1-3-6-17/h1-10,15-16H,11-14H2,(H,26,30). The number of halogens is 1. The van der Waals surface area contributed by atoms with Crippen LogP contribution < -0.4 is 10.1 Å². The number of hydrogen-bond donors (Lipinski definition) is 1. The Balaban J connectivity index is 1.28. The second-order valence-corrected chi connectivity index (χ2v) is 7.94. The number of amides is 3. The molecule has 1 N–H and O–H groups in total. The van der Waals surface area contributed by atoms with Gasteiger partial charge in [-0.25, -0.2) is 9.78 Å². The molecule has 1 saturated heterocycles. The van der Waals surface area contributed by atoms with E-state index in [0.717, 1.165) is 4.47 Å². The number of aromatic nitrogens is 1. The summed E-state index contributed by atoms with van der Waals surface area (Å²) in [7, 11) is 0. The average molecular weight is 481 g/mol. The highest BCUT2D eigenvalue weighted by Gasteiger charge is 2.24. The molecular weight excluding hydrogens is 460 g/mol. The van der Waals surface area contributed by atoms with Gasteiger partial charge in [-0.1, -0.05) is 40.2 Å². The van der Waals surface area contributed by atoms with Crippen molar-refractivity contribution in [3.05, 3.63) is 83.0 Å². The summed E-state index contributed by atoms with van der Waals surface area (Å²) in [6.45, 7) is 1.95. The summed E-state index contributed by atoms with van der Waals surface area (Å²) in [5.41, 5.74) is 1.24. The van der Waals surface area contributed by atoms with E-state index in [2.05, 4.69) is 26.2 Å². The predicted octanol–water partition coefficient (Wildman–Crippen LogP) is 4.63. The van der Waals surface area contributed by atoms with Crippen LogP contribution in [-0.2, 0) is 0 Å². The third-order valence-electron chi connectivity index (χ3n) is 4.88. The first-order valence-electron chi connectivity index (χ1n) is 9.88. The number of benzene rings is 2. The van der Waals surface area contributed by atoms with Gasteiger partial charge in [-0.3, -0.25) is 4.79 Å². The zero-order valence-electron chi connectivity index (χ0n) is 16.7. The number of anilines is 1. The van der Waals surface area contributed by atoms with E-state index in [1.54, 1.807) is 40.3 Å². The van der Waals surface area contributed by atoms with Crippen LogP contribution in [0.5, 0.6) is 11.6 Å². The van der Waals surface area contributed by atoms with Crippen molar-refractivity contribution in [3.8, 4) is 11.6 Å². The molecule has 0 atom stereocenters. The van der Waals surface area contributed by atoms with Gasteiger partial charge in [0.1, 0.15) is 5.75 Å². The number of nitrogens with one attached hydrogen (secondary N) is 1. The maximum atomic E-state index is 12.6. The molecule has 0 radical (unpaired) electrons. The smallest absolute Gasteiger partial charge is 0.322 e. The van der Waals surface area contributed by atoms with E-state index in [9.17, 15) is 9.59 Å². The second kappa shape index (κ2) is 9.61. The first-order valence-corrected chi connectivity index (χ1v) is 10.7. The molecule has 1 aromatic heterocycles. The summed E-state index contributed by atoms with van der Waals surface area (Å²) in [4.78, 5) is 32.8. The van der Waals surface area contributed by atoms with E-state index in [4.69, 9.17) is 4.74 Å². The Bertz CT molecular complexity index is 1050. The van der Waals surface area contributed by atoms with Gasteiger partial charge in [0.05, 0.1) is 11.9 Å². The predicted molar refractivity (Wildman–Crippen MR) is 121 cm³/mol. The minimum Gasteiger partial charge on any atom is -0.439 e. The fraction of sp³-hybridized carbons (Fsp3) is 0.174. The van der Waals surface area contributed by atoms with Crippen LogP contribution in [0.3, 0.4) is 0 Å². The summed E-state index contributed by atoms with van der Waals surface area (Å²) in [5, 5.41) is 2.85. The number of carbonyl (C=O) groups excluding carboxylic acids is 2. The van der Waals surface area contributed by atoms with Crippen molar-refractivity contribution in [1.29, 1.82) is 0 Å². The topological polar surface area (TPSA) is 74.8 Å². The van der Waals surface area contributed by atoms with Gasteiger partial charge in [0.25, 0.3) is 5.91 Å². The normalized spacial score (nSPS) is 13.6. The molecule has 1 aliphatic rings. The lowest BCUT2D eigenvalue weighted by Gasteiger charge is -2.34. The Morgan fingerprint density at radius 1 is 0.903 bits per heavy atom. The Kier molecular flexibility index (Phi) is 6.47. The van der Waals surface area contributed by atoms with Crippen molar-refractivity contribution in [2.45, 2.75) is 0 Å². The third-order valence-corrected chi connectivity index (χ3v) is 5.37. The molecule has 8 heteroatoms. The van der Waals surface area contributed by atoms with Crippen molar-refractivity contribution in [1.82, 2.24) is 14.8 Å². The van der Waals surface area contributed by atoms with Crippen LogP contribution in [0, 0.1) is 0 Å². The van der Waals surface area contributed by atoms with Crippen LogP contribution in [-0.4, -0.2) is 52.9 Å². The van der Waals surface area contributed by atoms with Crippen LogP contribution >= 0.6 is 15.9 Å². The highest BCUT2D eigenvalue weighted by molar-refractivity contribution is 9.10. The molecule has 7 nitrogen and oxygen atoms in total. The van der Waals surface area contributed by atoms with Crippen LogP contribution in [0.1, 0.15) is 10.4 Å². The van der Waals surface area contributed by atoms with E-state index < -0.39 is 0 Å². The molecule has 2 aromatic carbocycles. The van der Waals surface area contributed by atoms with Gasteiger partial charge in [0, 0.05) is 42.3 Å². The van der Waals surface area contributed by atoms with Gasteiger partial charge in [0.15, 0.2) is 0 Å². The van der Waals surface area contributed by atoms with Crippen LogP contribution in [0.2, 0.25) is 0 Å². The van der Waals surface area contributed by atoms with Crippen molar-refractivity contribution >= 4 is 33.6 Å². The Morgan fingerprint density at radius 3 is 2.32 bits per heavy atom. The monoisotopic (exact) mass is 480 g/mol. The molecule has 0 saturated carbocycles. The molecule has 0 spiro atoms. The number of nitrogens with zero attached hydrogens (tertiary/aromatic N) is 3. The number of carbonyl (C=O) groups is 2. The molecule has 3 aromatic rings. The molecule has 1 aliphatic heterocycles. The van der Waals surface area contributed by atoms with Crippen molar-refractivity contribution in [2.75, 3.05) is 31.5 Å². The molecule has 3 amide bonds. The molecule has 1 fully saturated rings. The maximum absolute atomic E-state index is 12.6. The lowest BCUT2D eigenvalue weighted by molar-refractivity contribution is 0.0671. The number of piperazine rings is 1. The van der Waals surface area contributed by atoms with Gasteiger partial charge in [-0.2, -0.15) is 0 Å². The summed E-state index contributed by atoms with van der Waals surface area (Å²) in [6.07, 6.45) is 1.56. The molecule has 4 rings (SSSR count). The van der Waals surface area contributed by atoms with Crippen LogP contribution in [0.4, 0.5) is 10.5 Å². The zero-order chi connectivity index (χ0) is 21.6. The number of urea groups is 1. The quantitative estimate of drug-likeness (QED) is 0.590. The average Bonchev–Trinajstić information content (AvgIpc) is 2.80. The molecular formula is C23H21BrN4O3. The minimum atomic E-state index is -0.214. The lowest BCUT2D eigenvalue weighted by atomic mass is 10.2. The van der Waals surface area contributed by atoms with Crippen molar-refractivity contribution in [2.24, 2.45) is 0 Å². The summed E-state index contributed by atoms with van der Waals surface area (Å²) < 4.78 is 6.62. The zero-order valence-corrected chi connectivity index (χ0v) is 18.3. The SMILES string of the molecule is O=C(Nc1ccc(Oc2cccc(Br)c2)nc1)N1CCN(C(=O)c2ccccc2)CC1. The summed E-state index contributed by atoms with van der Waals surface area (Å²) in [5.74, 6) is 1.09. The minimum absolute atomic E-state index is 0.00843. The van der Waals surface area contributed by atoms with Gasteiger partial charge in [0.2, 0.25) is 5.88 Å². The molecule has 0 unspecified atom stereocenters. The maximum Gasteiger partial charge on any atom is 0.322 e.